The van der Waals surface area contributed by atoms with Crippen LogP contribution in [0.5, 0.6) is 0 Å². The Bertz CT molecular complexity index is 985. The Morgan fingerprint density at radius 1 is 0.906 bits per heavy atom. The molecule has 1 aromatic carbocycles. The third kappa shape index (κ3) is 4.63. The second-order valence-corrected chi connectivity index (χ2v) is 10.6. The molecule has 2 aliphatic heterocycles. The van der Waals surface area contributed by atoms with Crippen molar-refractivity contribution in [3.63, 3.8) is 0 Å². The van der Waals surface area contributed by atoms with E-state index in [1.54, 1.807) is 12.1 Å². The second-order valence-electron chi connectivity index (χ2n) is 8.62. The first-order valence-corrected chi connectivity index (χ1v) is 12.7. The number of hydrogen-bond acceptors (Lipinski definition) is 5. The van der Waals surface area contributed by atoms with Crippen molar-refractivity contribution in [2.75, 3.05) is 25.0 Å². The van der Waals surface area contributed by atoms with Crippen LogP contribution in [0.1, 0.15) is 44.9 Å². The Morgan fingerprint density at radius 3 is 2.03 bits per heavy atom. The van der Waals surface area contributed by atoms with E-state index in [-0.39, 0.29) is 47.4 Å². The molecule has 1 N–H and O–H groups in total. The fourth-order valence-corrected chi connectivity index (χ4v) is 6.18. The molecule has 0 unspecified atom stereocenters. The summed E-state index contributed by atoms with van der Waals surface area (Å²) in [5.41, 5.74) is 0.474. The Labute approximate surface area is 188 Å². The van der Waals surface area contributed by atoms with E-state index in [4.69, 9.17) is 0 Å². The first-order valence-electron chi connectivity index (χ1n) is 11.3. The van der Waals surface area contributed by atoms with Gasteiger partial charge in [-0.3, -0.25) is 19.3 Å². The second kappa shape index (κ2) is 9.54. The minimum atomic E-state index is -3.54. The molecule has 1 aromatic rings. The van der Waals surface area contributed by atoms with Gasteiger partial charge in [0.1, 0.15) is 0 Å². The topological polar surface area (TPSA) is 104 Å². The first-order chi connectivity index (χ1) is 15.4. The number of nitrogens with one attached hydrogen (secondary N) is 1. The molecule has 2 atom stereocenters. The number of carbonyl (C=O) groups is 3. The van der Waals surface area contributed by atoms with Crippen molar-refractivity contribution in [2.24, 2.45) is 11.8 Å². The molecule has 0 spiro atoms. The number of allylic oxidation sites excluding steroid dienone is 2. The van der Waals surface area contributed by atoms with E-state index in [0.29, 0.717) is 31.6 Å². The quantitative estimate of drug-likeness (QED) is 0.520. The van der Waals surface area contributed by atoms with Crippen LogP contribution in [0.3, 0.4) is 0 Å². The van der Waals surface area contributed by atoms with Crippen molar-refractivity contribution >= 4 is 33.4 Å². The summed E-state index contributed by atoms with van der Waals surface area (Å²) in [4.78, 5) is 38.7. The molecule has 0 saturated carbocycles. The van der Waals surface area contributed by atoms with Gasteiger partial charge in [-0.05, 0) is 49.9 Å². The lowest BCUT2D eigenvalue weighted by molar-refractivity contribution is -0.140. The van der Waals surface area contributed by atoms with Crippen LogP contribution < -0.4 is 5.32 Å². The lowest BCUT2D eigenvalue weighted by Gasteiger charge is -2.20. The molecule has 0 bridgehead atoms. The summed E-state index contributed by atoms with van der Waals surface area (Å²) in [6.07, 6.45) is 8.83. The van der Waals surface area contributed by atoms with E-state index >= 15 is 0 Å². The van der Waals surface area contributed by atoms with Gasteiger partial charge in [0.25, 0.3) is 0 Å². The standard InChI is InChI=1S/C23H29N3O5S/c27-21(13-16-26-22(28)19-7-3-4-8-20(19)23(26)29)24-17-9-11-18(12-10-17)32(30,31)25-14-5-1-2-6-15-25/h3-4,9-12,19-20H,1-2,5-8,13-16H2,(H,24,27)/t19-,20+. The van der Waals surface area contributed by atoms with Crippen molar-refractivity contribution in [3.05, 3.63) is 36.4 Å². The smallest absolute Gasteiger partial charge is 0.243 e. The summed E-state index contributed by atoms with van der Waals surface area (Å²) in [5, 5.41) is 2.72. The number of carbonyl (C=O) groups excluding carboxylic acids is 3. The van der Waals surface area contributed by atoms with E-state index in [0.717, 1.165) is 25.7 Å². The Kier molecular flexibility index (Phi) is 6.76. The number of anilines is 1. The van der Waals surface area contributed by atoms with Crippen LogP contribution >= 0.6 is 0 Å². The maximum Gasteiger partial charge on any atom is 0.243 e. The number of sulfonamides is 1. The summed E-state index contributed by atoms with van der Waals surface area (Å²) in [6.45, 7) is 1.12. The number of hydrogen-bond donors (Lipinski definition) is 1. The Hall–Kier alpha value is -2.52. The van der Waals surface area contributed by atoms with E-state index in [2.05, 4.69) is 5.32 Å². The molecular weight excluding hydrogens is 430 g/mol. The maximum absolute atomic E-state index is 12.9. The number of fused-ring (bicyclic) bond motifs is 1. The molecule has 2 fully saturated rings. The van der Waals surface area contributed by atoms with Gasteiger partial charge < -0.3 is 5.32 Å². The molecule has 172 valence electrons. The van der Waals surface area contributed by atoms with Gasteiger partial charge >= 0.3 is 0 Å². The van der Waals surface area contributed by atoms with Gasteiger partial charge in [-0.15, -0.1) is 0 Å². The molecule has 3 aliphatic rings. The van der Waals surface area contributed by atoms with Crippen LogP contribution in [-0.2, 0) is 24.4 Å². The Balaban J connectivity index is 1.32. The number of likely N-dealkylation sites (tertiary alicyclic amines) is 1. The maximum atomic E-state index is 12.9. The summed E-state index contributed by atoms with van der Waals surface area (Å²) >= 11 is 0. The summed E-state index contributed by atoms with van der Waals surface area (Å²) < 4.78 is 27.2. The number of imide groups is 1. The number of rotatable bonds is 6. The van der Waals surface area contributed by atoms with Crippen molar-refractivity contribution in [1.82, 2.24) is 9.21 Å². The molecule has 0 aromatic heterocycles. The SMILES string of the molecule is O=C(CCN1C(=O)[C@H]2CC=CC[C@H]2C1=O)Nc1ccc(S(=O)(=O)N2CCCCCC2)cc1. The summed E-state index contributed by atoms with van der Waals surface area (Å²) in [6, 6.07) is 6.13. The fourth-order valence-electron chi connectivity index (χ4n) is 4.67. The third-order valence-electron chi connectivity index (χ3n) is 6.50. The van der Waals surface area contributed by atoms with Crippen LogP contribution in [0.25, 0.3) is 0 Å². The predicted octanol–water partition coefficient (Wildman–Crippen LogP) is 2.53. The fraction of sp³-hybridized carbons (Fsp3) is 0.522. The zero-order valence-corrected chi connectivity index (χ0v) is 18.9. The Morgan fingerprint density at radius 2 is 1.47 bits per heavy atom. The van der Waals surface area contributed by atoms with Gasteiger partial charge in [0.15, 0.2) is 0 Å². The zero-order chi connectivity index (χ0) is 22.7. The highest BCUT2D eigenvalue weighted by Gasteiger charge is 2.46. The molecule has 8 nitrogen and oxygen atoms in total. The molecule has 9 heteroatoms. The van der Waals surface area contributed by atoms with Crippen molar-refractivity contribution in [2.45, 2.75) is 49.8 Å². The molecule has 2 saturated heterocycles. The summed E-state index contributed by atoms with van der Waals surface area (Å²) in [7, 11) is -3.54. The van der Waals surface area contributed by atoms with Crippen molar-refractivity contribution < 1.29 is 22.8 Å². The van der Waals surface area contributed by atoms with Gasteiger partial charge in [0.05, 0.1) is 16.7 Å². The van der Waals surface area contributed by atoms with Gasteiger partial charge in [0.2, 0.25) is 27.7 Å². The molecule has 2 heterocycles. The van der Waals surface area contributed by atoms with Crippen molar-refractivity contribution in [1.29, 1.82) is 0 Å². The van der Waals surface area contributed by atoms with Gasteiger partial charge in [-0.2, -0.15) is 4.31 Å². The van der Waals surface area contributed by atoms with E-state index in [9.17, 15) is 22.8 Å². The number of benzene rings is 1. The molecule has 32 heavy (non-hydrogen) atoms. The average Bonchev–Trinajstić information content (AvgIpc) is 2.98. The highest BCUT2D eigenvalue weighted by Crippen LogP contribution is 2.35. The van der Waals surface area contributed by atoms with Crippen molar-refractivity contribution in [3.8, 4) is 0 Å². The molecule has 1 aliphatic carbocycles. The van der Waals surface area contributed by atoms with E-state index in [1.807, 2.05) is 12.2 Å². The van der Waals surface area contributed by atoms with Crippen LogP contribution in [0.4, 0.5) is 5.69 Å². The lowest BCUT2D eigenvalue weighted by atomic mass is 9.85. The van der Waals surface area contributed by atoms with Gasteiger partial charge in [-0.1, -0.05) is 25.0 Å². The zero-order valence-electron chi connectivity index (χ0n) is 18.0. The van der Waals surface area contributed by atoms with Crippen LogP contribution in [0, 0.1) is 11.8 Å². The minimum absolute atomic E-state index is 0.00181. The van der Waals surface area contributed by atoms with Gasteiger partial charge in [0, 0.05) is 31.7 Å². The number of amides is 3. The molecule has 3 amide bonds. The highest BCUT2D eigenvalue weighted by atomic mass is 32.2. The molecular formula is C23H29N3O5S. The lowest BCUT2D eigenvalue weighted by Crippen LogP contribution is -2.34. The van der Waals surface area contributed by atoms with Crippen LogP contribution in [0.2, 0.25) is 0 Å². The monoisotopic (exact) mass is 459 g/mol. The van der Waals surface area contributed by atoms with Gasteiger partial charge in [-0.25, -0.2) is 8.42 Å². The van der Waals surface area contributed by atoms with E-state index < -0.39 is 10.0 Å². The predicted molar refractivity (Wildman–Crippen MR) is 119 cm³/mol. The first kappa shape index (κ1) is 22.7. The van der Waals surface area contributed by atoms with Crippen LogP contribution in [-0.4, -0.2) is 55.0 Å². The van der Waals surface area contributed by atoms with Crippen LogP contribution in [0.15, 0.2) is 41.3 Å². The number of nitrogens with zero attached hydrogens (tertiary/aromatic N) is 2. The highest BCUT2D eigenvalue weighted by molar-refractivity contribution is 7.89. The summed E-state index contributed by atoms with van der Waals surface area (Å²) in [5.74, 6) is -1.31. The largest absolute Gasteiger partial charge is 0.326 e. The third-order valence-corrected chi connectivity index (χ3v) is 8.42. The average molecular weight is 460 g/mol. The van der Waals surface area contributed by atoms with E-state index in [1.165, 1.54) is 21.3 Å². The molecule has 4 rings (SSSR count). The normalized spacial score (nSPS) is 24.3. The minimum Gasteiger partial charge on any atom is -0.326 e. The molecule has 0 radical (unpaired) electrons.